The maximum absolute atomic E-state index is 11.8. The first kappa shape index (κ1) is 12.5. The van der Waals surface area contributed by atoms with E-state index in [1.54, 1.807) is 0 Å². The fourth-order valence-electron chi connectivity index (χ4n) is 1.39. The minimum Gasteiger partial charge on any atom is -0.435 e. The average Bonchev–Trinajstić information content (AvgIpc) is 2.45. The molecule has 0 aromatic carbocycles. The van der Waals surface area contributed by atoms with Crippen molar-refractivity contribution in [3.63, 3.8) is 0 Å². The molecule has 0 aromatic rings. The van der Waals surface area contributed by atoms with Gasteiger partial charge in [0.2, 0.25) is 6.29 Å². The Hall–Kier alpha value is -0.570. The molecule has 1 aliphatic heterocycles. The van der Waals surface area contributed by atoms with E-state index < -0.39 is 5.41 Å². The van der Waals surface area contributed by atoms with Crippen LogP contribution < -0.4 is 0 Å². The Bertz CT molecular complexity index is 243. The molecule has 0 N–H and O–H groups in total. The molecular formula is C12H22O3. The molecular weight excluding hydrogens is 192 g/mol. The van der Waals surface area contributed by atoms with E-state index in [-0.39, 0.29) is 17.7 Å². The van der Waals surface area contributed by atoms with Gasteiger partial charge in [0.25, 0.3) is 0 Å². The van der Waals surface area contributed by atoms with Gasteiger partial charge >= 0.3 is 5.97 Å². The SMILES string of the molecule is CCC(C)(C)C(=O)OC1CC(C)(C)CO1. The minimum atomic E-state index is -0.407. The molecule has 15 heavy (non-hydrogen) atoms. The van der Waals surface area contributed by atoms with Crippen LogP contribution in [0.1, 0.15) is 47.5 Å². The second kappa shape index (κ2) is 4.12. The van der Waals surface area contributed by atoms with Gasteiger partial charge in [-0.05, 0) is 25.7 Å². The molecule has 1 saturated heterocycles. The van der Waals surface area contributed by atoms with Gasteiger partial charge in [-0.2, -0.15) is 0 Å². The highest BCUT2D eigenvalue weighted by atomic mass is 16.7. The van der Waals surface area contributed by atoms with E-state index in [0.29, 0.717) is 6.61 Å². The van der Waals surface area contributed by atoms with Crippen molar-refractivity contribution >= 4 is 5.97 Å². The largest absolute Gasteiger partial charge is 0.435 e. The lowest BCUT2D eigenvalue weighted by Gasteiger charge is -2.23. The lowest BCUT2D eigenvalue weighted by Crippen LogP contribution is -2.30. The summed E-state index contributed by atoms with van der Waals surface area (Å²) < 4.78 is 10.8. The zero-order valence-corrected chi connectivity index (χ0v) is 10.4. The van der Waals surface area contributed by atoms with Gasteiger partial charge in [-0.15, -0.1) is 0 Å². The number of carbonyl (C=O) groups is 1. The Morgan fingerprint density at radius 1 is 1.53 bits per heavy atom. The van der Waals surface area contributed by atoms with Crippen LogP contribution in [0.3, 0.4) is 0 Å². The molecule has 3 nitrogen and oxygen atoms in total. The number of esters is 1. The van der Waals surface area contributed by atoms with Crippen LogP contribution in [0.15, 0.2) is 0 Å². The highest BCUT2D eigenvalue weighted by molar-refractivity contribution is 5.75. The lowest BCUT2D eigenvalue weighted by atomic mass is 9.90. The van der Waals surface area contributed by atoms with Crippen LogP contribution in [-0.2, 0) is 14.3 Å². The molecule has 0 saturated carbocycles. The van der Waals surface area contributed by atoms with Crippen molar-refractivity contribution in [2.75, 3.05) is 6.61 Å². The van der Waals surface area contributed by atoms with Gasteiger partial charge in [-0.3, -0.25) is 4.79 Å². The quantitative estimate of drug-likeness (QED) is 0.678. The number of rotatable bonds is 3. The van der Waals surface area contributed by atoms with Crippen LogP contribution in [0, 0.1) is 10.8 Å². The summed E-state index contributed by atoms with van der Waals surface area (Å²) in [5.74, 6) is -0.160. The second-order valence-electron chi connectivity index (χ2n) is 5.75. The van der Waals surface area contributed by atoms with Crippen LogP contribution in [0.25, 0.3) is 0 Å². The summed E-state index contributed by atoms with van der Waals surface area (Å²) >= 11 is 0. The topological polar surface area (TPSA) is 35.5 Å². The molecule has 1 atom stereocenters. The molecule has 88 valence electrons. The predicted octanol–water partition coefficient (Wildman–Crippen LogP) is 2.74. The Labute approximate surface area is 92.1 Å². The van der Waals surface area contributed by atoms with Crippen LogP contribution >= 0.6 is 0 Å². The third-order valence-electron chi connectivity index (χ3n) is 3.05. The van der Waals surface area contributed by atoms with Gasteiger partial charge in [0, 0.05) is 6.42 Å². The molecule has 0 bridgehead atoms. The molecule has 0 amide bonds. The smallest absolute Gasteiger partial charge is 0.313 e. The molecule has 1 fully saturated rings. The van der Waals surface area contributed by atoms with Crippen LogP contribution in [0.2, 0.25) is 0 Å². The Balaban J connectivity index is 2.47. The van der Waals surface area contributed by atoms with Gasteiger partial charge in [0.15, 0.2) is 0 Å². The lowest BCUT2D eigenvalue weighted by molar-refractivity contribution is -0.180. The zero-order chi connectivity index (χ0) is 11.7. The Kier molecular flexibility index (Phi) is 3.44. The maximum atomic E-state index is 11.8. The molecule has 0 spiro atoms. The van der Waals surface area contributed by atoms with Gasteiger partial charge in [0.05, 0.1) is 12.0 Å². The van der Waals surface area contributed by atoms with E-state index in [2.05, 4.69) is 13.8 Å². The summed E-state index contributed by atoms with van der Waals surface area (Å²) in [7, 11) is 0. The Morgan fingerprint density at radius 3 is 2.53 bits per heavy atom. The first-order chi connectivity index (χ1) is 6.77. The van der Waals surface area contributed by atoms with Crippen molar-refractivity contribution in [1.82, 2.24) is 0 Å². The van der Waals surface area contributed by atoms with Crippen LogP contribution in [-0.4, -0.2) is 18.9 Å². The van der Waals surface area contributed by atoms with E-state index in [9.17, 15) is 4.79 Å². The van der Waals surface area contributed by atoms with Crippen molar-refractivity contribution in [3.8, 4) is 0 Å². The normalized spacial score (nSPS) is 25.3. The van der Waals surface area contributed by atoms with E-state index >= 15 is 0 Å². The van der Waals surface area contributed by atoms with Crippen molar-refractivity contribution in [3.05, 3.63) is 0 Å². The second-order valence-corrected chi connectivity index (χ2v) is 5.75. The summed E-state index contributed by atoms with van der Waals surface area (Å²) in [5, 5.41) is 0. The monoisotopic (exact) mass is 214 g/mol. The highest BCUT2D eigenvalue weighted by Crippen LogP contribution is 2.33. The van der Waals surface area contributed by atoms with Crippen LogP contribution in [0.5, 0.6) is 0 Å². The maximum Gasteiger partial charge on any atom is 0.313 e. The number of hydrogen-bond donors (Lipinski definition) is 0. The standard InChI is InChI=1S/C12H22O3/c1-6-12(4,5)10(13)15-9-7-11(2,3)8-14-9/h9H,6-8H2,1-5H3. The number of ether oxygens (including phenoxy) is 2. The summed E-state index contributed by atoms with van der Waals surface area (Å²) in [6.45, 7) is 10.7. The molecule has 1 unspecified atom stereocenters. The number of hydrogen-bond acceptors (Lipinski definition) is 3. The van der Waals surface area contributed by atoms with Gasteiger partial charge in [0.1, 0.15) is 0 Å². The van der Waals surface area contributed by atoms with E-state index in [0.717, 1.165) is 12.8 Å². The Morgan fingerprint density at radius 2 is 2.13 bits per heavy atom. The van der Waals surface area contributed by atoms with Crippen molar-refractivity contribution < 1.29 is 14.3 Å². The summed E-state index contributed by atoms with van der Waals surface area (Å²) in [6, 6.07) is 0. The van der Waals surface area contributed by atoms with Crippen LogP contribution in [0.4, 0.5) is 0 Å². The highest BCUT2D eigenvalue weighted by Gasteiger charge is 2.37. The first-order valence-electron chi connectivity index (χ1n) is 5.59. The van der Waals surface area contributed by atoms with Crippen molar-refractivity contribution in [2.45, 2.75) is 53.8 Å². The molecule has 1 aliphatic rings. The fourth-order valence-corrected chi connectivity index (χ4v) is 1.39. The predicted molar refractivity (Wildman–Crippen MR) is 58.3 cm³/mol. The van der Waals surface area contributed by atoms with E-state index in [1.807, 2.05) is 20.8 Å². The number of carbonyl (C=O) groups excluding carboxylic acids is 1. The van der Waals surface area contributed by atoms with E-state index in [4.69, 9.17) is 9.47 Å². The molecule has 0 radical (unpaired) electrons. The van der Waals surface area contributed by atoms with Gasteiger partial charge < -0.3 is 9.47 Å². The summed E-state index contributed by atoms with van der Waals surface area (Å²) in [6.07, 6.45) is 1.22. The third-order valence-corrected chi connectivity index (χ3v) is 3.05. The summed E-state index contributed by atoms with van der Waals surface area (Å²) in [5.41, 5.74) is -0.280. The molecule has 0 aromatic heterocycles. The first-order valence-corrected chi connectivity index (χ1v) is 5.59. The summed E-state index contributed by atoms with van der Waals surface area (Å²) in [4.78, 5) is 11.8. The average molecular weight is 214 g/mol. The van der Waals surface area contributed by atoms with Crippen molar-refractivity contribution in [2.24, 2.45) is 10.8 Å². The fraction of sp³-hybridized carbons (Fsp3) is 0.917. The molecule has 0 aliphatic carbocycles. The molecule has 3 heteroatoms. The van der Waals surface area contributed by atoms with Crippen molar-refractivity contribution in [1.29, 1.82) is 0 Å². The van der Waals surface area contributed by atoms with Gasteiger partial charge in [-0.1, -0.05) is 20.8 Å². The van der Waals surface area contributed by atoms with Gasteiger partial charge in [-0.25, -0.2) is 0 Å². The molecule has 1 rings (SSSR count). The minimum absolute atomic E-state index is 0.126. The zero-order valence-electron chi connectivity index (χ0n) is 10.4. The third kappa shape index (κ3) is 3.20. The van der Waals surface area contributed by atoms with E-state index in [1.165, 1.54) is 0 Å². The molecule has 1 heterocycles.